The summed E-state index contributed by atoms with van der Waals surface area (Å²) in [5.41, 5.74) is 0.778. The number of ether oxygens (including phenoxy) is 3. The molecule has 10 nitrogen and oxygen atoms in total. The zero-order valence-corrected chi connectivity index (χ0v) is 30.8. The average molecular weight is 679 g/mol. The Bertz CT molecular complexity index is 1290. The van der Waals surface area contributed by atoms with Gasteiger partial charge in [-0.05, 0) is 89.8 Å². The second-order valence-corrected chi connectivity index (χ2v) is 18.0. The van der Waals surface area contributed by atoms with E-state index in [1.807, 2.05) is 0 Å². The van der Waals surface area contributed by atoms with Crippen molar-refractivity contribution >= 4 is 11.9 Å². The third kappa shape index (κ3) is 5.42. The number of carbonyl (C=O) groups excluding carboxylic acids is 1. The Kier molecular flexibility index (Phi) is 9.88. The zero-order chi connectivity index (χ0) is 35.9. The molecular weight excluding hydrogens is 616 g/mol. The van der Waals surface area contributed by atoms with Crippen LogP contribution >= 0.6 is 0 Å². The highest BCUT2D eigenvalue weighted by molar-refractivity contribution is 5.73. The van der Waals surface area contributed by atoms with Crippen LogP contribution in [0.3, 0.4) is 0 Å². The van der Waals surface area contributed by atoms with Gasteiger partial charge in [0.05, 0.1) is 12.5 Å². The van der Waals surface area contributed by atoms with E-state index < -0.39 is 78.2 Å². The maximum Gasteiger partial charge on any atom is 0.307 e. The highest BCUT2D eigenvalue weighted by Gasteiger charge is 2.68. The van der Waals surface area contributed by atoms with E-state index in [2.05, 4.69) is 62.3 Å². The van der Waals surface area contributed by atoms with Gasteiger partial charge in [0.15, 0.2) is 6.29 Å². The van der Waals surface area contributed by atoms with E-state index in [-0.39, 0.29) is 28.1 Å². The van der Waals surface area contributed by atoms with Gasteiger partial charge in [0, 0.05) is 6.92 Å². The Morgan fingerprint density at radius 3 is 2.12 bits per heavy atom. The number of aliphatic carboxylic acids is 1. The van der Waals surface area contributed by atoms with Crippen molar-refractivity contribution in [1.29, 1.82) is 0 Å². The van der Waals surface area contributed by atoms with Gasteiger partial charge < -0.3 is 39.7 Å². The summed E-state index contributed by atoms with van der Waals surface area (Å²) in [6.07, 6.45) is -3.04. The molecule has 5 N–H and O–H groups in total. The largest absolute Gasteiger partial charge is 0.481 e. The lowest BCUT2D eigenvalue weighted by Gasteiger charge is -2.68. The fraction of sp³-hybridized carbons (Fsp3) is 0.895. The monoisotopic (exact) mass is 678 g/mol. The van der Waals surface area contributed by atoms with E-state index in [1.54, 1.807) is 0 Å². The minimum atomic E-state index is -1.58. The Labute approximate surface area is 286 Å². The van der Waals surface area contributed by atoms with Crippen LogP contribution in [0.25, 0.3) is 0 Å². The number of rotatable bonds is 7. The van der Waals surface area contributed by atoms with Crippen molar-refractivity contribution < 1.29 is 49.3 Å². The van der Waals surface area contributed by atoms with Crippen molar-refractivity contribution in [2.75, 3.05) is 6.61 Å². The van der Waals surface area contributed by atoms with Crippen molar-refractivity contribution in [2.45, 2.75) is 157 Å². The number of hydrogen-bond acceptors (Lipinski definition) is 9. The number of fused-ring (bicyclic) bond motifs is 4. The molecule has 1 saturated heterocycles. The highest BCUT2D eigenvalue weighted by Crippen LogP contribution is 2.73. The van der Waals surface area contributed by atoms with Gasteiger partial charge in [-0.25, -0.2) is 0 Å². The van der Waals surface area contributed by atoms with Crippen LogP contribution in [0.5, 0.6) is 0 Å². The SMILES string of the molecule is CC(=O)O[C@@H]1C[C@]2(C)C3=C(CC[C@H]2C(C)(C)[C@@H]1O[C@@H]1O[C@H](CO)[C@@H](O)[C@H](O)[C@H]1O)[C@@]1(C)CC[C@](C)([C@H](C)C(C)C)[C@@H](C(=O)O)[C@]1(C)CC3. The molecule has 0 aromatic rings. The van der Waals surface area contributed by atoms with E-state index in [1.165, 1.54) is 18.1 Å². The number of aliphatic hydroxyl groups excluding tert-OH is 4. The van der Waals surface area contributed by atoms with E-state index in [0.717, 1.165) is 38.5 Å². The molecular formula is C38H62O10. The molecule has 1 aliphatic heterocycles. The summed E-state index contributed by atoms with van der Waals surface area (Å²) in [5, 5.41) is 52.4. The molecule has 0 unspecified atom stereocenters. The van der Waals surface area contributed by atoms with Crippen LogP contribution in [0, 0.1) is 50.7 Å². The number of allylic oxidation sites excluding steroid dienone is 2. The van der Waals surface area contributed by atoms with Gasteiger partial charge in [0.1, 0.15) is 36.6 Å². The standard InChI is InChI=1S/C38H62O10/c1-19(2)20(3)35(7)15-16-37(9)23-11-12-26-34(5,6)31(48-33-29(43)28(42)27(41)25(18-39)47-33)24(46-21(4)40)17-36(26,8)22(23)13-14-38(37,10)30(35)32(44)45/h19-20,24-31,33,39,41-43H,11-18H2,1-10H3,(H,44,45)/t20-,24-,25-,26+,27-,28+,29-,30-,31-,33+,35-,36-,37-,38+/m1/s1. The van der Waals surface area contributed by atoms with E-state index in [9.17, 15) is 35.1 Å². The van der Waals surface area contributed by atoms with Gasteiger partial charge in [0.2, 0.25) is 0 Å². The molecule has 0 spiro atoms. The summed E-state index contributed by atoms with van der Waals surface area (Å²) >= 11 is 0. The molecule has 0 amide bonds. The molecule has 4 aliphatic carbocycles. The lowest BCUT2D eigenvalue weighted by molar-refractivity contribution is -0.336. The van der Waals surface area contributed by atoms with Crippen LogP contribution in [0.4, 0.5) is 0 Å². The summed E-state index contributed by atoms with van der Waals surface area (Å²) in [6.45, 7) is 20.7. The summed E-state index contributed by atoms with van der Waals surface area (Å²) in [4.78, 5) is 25.9. The highest BCUT2D eigenvalue weighted by atomic mass is 16.7. The van der Waals surface area contributed by atoms with Crippen LogP contribution in [-0.2, 0) is 23.8 Å². The maximum atomic E-state index is 13.3. The van der Waals surface area contributed by atoms with Gasteiger partial charge in [-0.15, -0.1) is 0 Å². The third-order valence-corrected chi connectivity index (χ3v) is 15.1. The number of carboxylic acid groups (broad SMARTS) is 1. The minimum Gasteiger partial charge on any atom is -0.481 e. The molecule has 48 heavy (non-hydrogen) atoms. The Morgan fingerprint density at radius 1 is 0.917 bits per heavy atom. The molecule has 10 heteroatoms. The van der Waals surface area contributed by atoms with Crippen LogP contribution in [0.15, 0.2) is 11.1 Å². The fourth-order valence-corrected chi connectivity index (χ4v) is 12.0. The number of carboxylic acids is 1. The lowest BCUT2D eigenvalue weighted by atomic mass is 9.36. The predicted octanol–water partition coefficient (Wildman–Crippen LogP) is 4.85. The van der Waals surface area contributed by atoms with Crippen molar-refractivity contribution in [3.8, 4) is 0 Å². The summed E-state index contributed by atoms with van der Waals surface area (Å²) in [5.74, 6) is -0.892. The molecule has 2 saturated carbocycles. The first-order chi connectivity index (χ1) is 22.1. The minimum absolute atomic E-state index is 0.100. The molecule has 274 valence electrons. The Hall–Kier alpha value is -1.56. The fourth-order valence-electron chi connectivity index (χ4n) is 12.0. The van der Waals surface area contributed by atoms with Crippen LogP contribution in [0.1, 0.15) is 114 Å². The van der Waals surface area contributed by atoms with Gasteiger partial charge in [-0.1, -0.05) is 73.5 Å². The van der Waals surface area contributed by atoms with Gasteiger partial charge in [0.25, 0.3) is 0 Å². The molecule has 0 aromatic carbocycles. The van der Waals surface area contributed by atoms with E-state index >= 15 is 0 Å². The second kappa shape index (κ2) is 12.6. The summed E-state index contributed by atoms with van der Waals surface area (Å²) in [7, 11) is 0. The Morgan fingerprint density at radius 2 is 1.56 bits per heavy atom. The quantitative estimate of drug-likeness (QED) is 0.186. The number of carbonyl (C=O) groups is 2. The molecule has 0 radical (unpaired) electrons. The van der Waals surface area contributed by atoms with Gasteiger partial charge >= 0.3 is 11.9 Å². The zero-order valence-electron chi connectivity index (χ0n) is 30.8. The van der Waals surface area contributed by atoms with Crippen molar-refractivity contribution in [3.63, 3.8) is 0 Å². The van der Waals surface area contributed by atoms with E-state index in [4.69, 9.17) is 14.2 Å². The van der Waals surface area contributed by atoms with Crippen LogP contribution in [-0.4, -0.2) is 87.0 Å². The third-order valence-electron chi connectivity index (χ3n) is 15.1. The van der Waals surface area contributed by atoms with E-state index in [0.29, 0.717) is 12.3 Å². The van der Waals surface area contributed by atoms with Gasteiger partial charge in [-0.2, -0.15) is 0 Å². The molecule has 0 aromatic heterocycles. The predicted molar refractivity (Wildman–Crippen MR) is 178 cm³/mol. The number of esters is 1. The lowest BCUT2D eigenvalue weighted by Crippen LogP contribution is -2.65. The summed E-state index contributed by atoms with van der Waals surface area (Å²) in [6, 6.07) is 0. The first-order valence-corrected chi connectivity index (χ1v) is 18.2. The van der Waals surface area contributed by atoms with Gasteiger partial charge in [-0.3, -0.25) is 9.59 Å². The van der Waals surface area contributed by atoms with Crippen LogP contribution in [0.2, 0.25) is 0 Å². The molecule has 5 rings (SSSR count). The Balaban J connectivity index is 1.55. The van der Waals surface area contributed by atoms with Crippen molar-refractivity contribution in [1.82, 2.24) is 0 Å². The molecule has 0 bridgehead atoms. The number of aliphatic hydroxyl groups is 4. The molecule has 5 aliphatic rings. The molecule has 3 fully saturated rings. The normalized spacial score (nSPS) is 47.9. The average Bonchev–Trinajstić information content (AvgIpc) is 2.98. The molecule has 1 heterocycles. The topological polar surface area (TPSA) is 163 Å². The second-order valence-electron chi connectivity index (χ2n) is 18.0. The van der Waals surface area contributed by atoms with Crippen molar-refractivity contribution in [2.24, 2.45) is 50.7 Å². The first kappa shape index (κ1) is 37.7. The molecule has 14 atom stereocenters. The maximum absolute atomic E-state index is 13.3. The first-order valence-electron chi connectivity index (χ1n) is 18.2. The number of hydrogen-bond donors (Lipinski definition) is 5. The van der Waals surface area contributed by atoms with Crippen molar-refractivity contribution in [3.05, 3.63) is 11.1 Å². The van der Waals surface area contributed by atoms with Crippen LogP contribution < -0.4 is 0 Å². The summed E-state index contributed by atoms with van der Waals surface area (Å²) < 4.78 is 18.3. The smallest absolute Gasteiger partial charge is 0.307 e.